The number of benzene rings is 1. The molecule has 2 N–H and O–H groups in total. The Balaban J connectivity index is 1.52. The first kappa shape index (κ1) is 19.0. The van der Waals surface area contributed by atoms with Gasteiger partial charge in [0.25, 0.3) is 0 Å². The van der Waals surface area contributed by atoms with Crippen LogP contribution in [-0.4, -0.2) is 64.7 Å². The molecule has 0 aliphatic carbocycles. The van der Waals surface area contributed by atoms with E-state index >= 15 is 0 Å². The lowest BCUT2D eigenvalue weighted by atomic mass is 10.1. The van der Waals surface area contributed by atoms with Crippen molar-refractivity contribution in [1.29, 1.82) is 0 Å². The minimum absolute atomic E-state index is 0.0401. The van der Waals surface area contributed by atoms with Crippen LogP contribution in [0.2, 0.25) is 0 Å². The zero-order chi connectivity index (χ0) is 18.4. The van der Waals surface area contributed by atoms with Crippen LogP contribution in [0.15, 0.2) is 42.7 Å². The lowest BCUT2D eigenvalue weighted by Gasteiger charge is -2.38. The fourth-order valence-electron chi connectivity index (χ4n) is 3.04. The number of carbonyl (C=O) groups excluding carboxylic acids is 1. The minimum atomic E-state index is -0.184. The van der Waals surface area contributed by atoms with Gasteiger partial charge in [-0.25, -0.2) is 9.97 Å². The van der Waals surface area contributed by atoms with Gasteiger partial charge in [0.1, 0.15) is 0 Å². The largest absolute Gasteiger partial charge is 0.395 e. The van der Waals surface area contributed by atoms with Gasteiger partial charge in [0, 0.05) is 60.3 Å². The van der Waals surface area contributed by atoms with E-state index in [-0.39, 0.29) is 25.0 Å². The molecule has 2 aromatic rings. The number of nitrogens with zero attached hydrogens (tertiary/aromatic N) is 4. The predicted octanol–water partition coefficient (Wildman–Crippen LogP) is 1.59. The average Bonchev–Trinajstić information content (AvgIpc) is 2.67. The number of amides is 1. The zero-order valence-electron chi connectivity index (χ0n) is 14.4. The van der Waals surface area contributed by atoms with Crippen LogP contribution in [-0.2, 0) is 4.79 Å². The molecule has 138 valence electrons. The maximum absolute atomic E-state index is 12.3. The van der Waals surface area contributed by atoms with Gasteiger partial charge < -0.3 is 15.3 Å². The molecule has 1 atom stereocenters. The van der Waals surface area contributed by atoms with E-state index in [1.807, 2.05) is 24.3 Å². The molecular formula is C18H22IN5O2. The van der Waals surface area contributed by atoms with Crippen molar-refractivity contribution in [2.75, 3.05) is 43.0 Å². The Morgan fingerprint density at radius 1 is 1.19 bits per heavy atom. The first-order valence-electron chi connectivity index (χ1n) is 8.58. The van der Waals surface area contributed by atoms with Gasteiger partial charge in [-0.15, -0.1) is 0 Å². The molecule has 1 amide bonds. The molecule has 0 bridgehead atoms. The third-order valence-electron chi connectivity index (χ3n) is 4.41. The molecule has 26 heavy (non-hydrogen) atoms. The van der Waals surface area contributed by atoms with Crippen molar-refractivity contribution in [2.45, 2.75) is 12.5 Å². The second kappa shape index (κ2) is 9.24. The van der Waals surface area contributed by atoms with E-state index < -0.39 is 0 Å². The maximum atomic E-state index is 12.3. The smallest absolute Gasteiger partial charge is 0.226 e. The van der Waals surface area contributed by atoms with Crippen molar-refractivity contribution in [3.63, 3.8) is 0 Å². The highest BCUT2D eigenvalue weighted by molar-refractivity contribution is 14.1. The Morgan fingerprint density at radius 2 is 1.92 bits per heavy atom. The van der Waals surface area contributed by atoms with Gasteiger partial charge in [-0.3, -0.25) is 9.69 Å². The topological polar surface area (TPSA) is 81.6 Å². The summed E-state index contributed by atoms with van der Waals surface area (Å²) < 4.78 is 1.07. The summed E-state index contributed by atoms with van der Waals surface area (Å²) in [5.74, 6) is 0.643. The highest BCUT2D eigenvalue weighted by Gasteiger charge is 2.26. The highest BCUT2D eigenvalue weighted by Crippen LogP contribution is 2.16. The molecule has 8 heteroatoms. The fraction of sp³-hybridized carbons (Fsp3) is 0.389. The van der Waals surface area contributed by atoms with Crippen LogP contribution in [0.25, 0.3) is 0 Å². The molecule has 1 unspecified atom stereocenters. The molecule has 7 nitrogen and oxygen atoms in total. The molecule has 1 aromatic carbocycles. The molecule has 1 fully saturated rings. The van der Waals surface area contributed by atoms with Crippen LogP contribution in [0.4, 0.5) is 11.6 Å². The number of nitrogens with one attached hydrogen (secondary N) is 1. The second-order valence-electron chi connectivity index (χ2n) is 6.17. The van der Waals surface area contributed by atoms with Gasteiger partial charge in [0.2, 0.25) is 11.9 Å². The number of carbonyl (C=O) groups is 1. The minimum Gasteiger partial charge on any atom is -0.395 e. The first-order valence-corrected chi connectivity index (χ1v) is 9.66. The van der Waals surface area contributed by atoms with Gasteiger partial charge in [0.15, 0.2) is 0 Å². The quantitative estimate of drug-likeness (QED) is 0.629. The summed E-state index contributed by atoms with van der Waals surface area (Å²) in [5.41, 5.74) is 0.782. The first-order chi connectivity index (χ1) is 12.7. The van der Waals surface area contributed by atoms with Gasteiger partial charge >= 0.3 is 0 Å². The Kier molecular flexibility index (Phi) is 6.75. The van der Waals surface area contributed by atoms with Crippen LogP contribution in [0.1, 0.15) is 6.42 Å². The molecule has 3 rings (SSSR count). The molecule has 2 heterocycles. The predicted molar refractivity (Wildman–Crippen MR) is 109 cm³/mol. The van der Waals surface area contributed by atoms with Crippen molar-refractivity contribution in [2.24, 2.45) is 0 Å². The van der Waals surface area contributed by atoms with E-state index in [9.17, 15) is 9.90 Å². The number of piperazine rings is 1. The van der Waals surface area contributed by atoms with E-state index in [4.69, 9.17) is 0 Å². The molecular weight excluding hydrogens is 445 g/mol. The van der Waals surface area contributed by atoms with Crippen LogP contribution in [0.3, 0.4) is 0 Å². The Bertz CT molecular complexity index is 723. The summed E-state index contributed by atoms with van der Waals surface area (Å²) in [4.78, 5) is 25.2. The van der Waals surface area contributed by atoms with Crippen LogP contribution < -0.4 is 10.2 Å². The molecule has 1 saturated heterocycles. The van der Waals surface area contributed by atoms with E-state index in [1.165, 1.54) is 0 Å². The standard InChI is InChI=1S/C18H22IN5O2/c19-14-3-1-4-15(11-14)22-17(26)12-16(13-25)23-7-9-24(10-8-23)18-20-5-2-6-21-18/h1-6,11,16,25H,7-10,12-13H2,(H,22,26). The van der Waals surface area contributed by atoms with Crippen molar-refractivity contribution in [1.82, 2.24) is 14.9 Å². The lowest BCUT2D eigenvalue weighted by molar-refractivity contribution is -0.117. The Labute approximate surface area is 166 Å². The number of anilines is 2. The number of aliphatic hydroxyl groups excluding tert-OH is 1. The van der Waals surface area contributed by atoms with E-state index in [1.54, 1.807) is 18.5 Å². The fourth-order valence-corrected chi connectivity index (χ4v) is 3.59. The number of halogens is 1. The molecule has 1 aromatic heterocycles. The SMILES string of the molecule is O=C(CC(CO)N1CCN(c2ncccn2)CC1)Nc1cccc(I)c1. The van der Waals surface area contributed by atoms with Gasteiger partial charge in [-0.1, -0.05) is 6.07 Å². The van der Waals surface area contributed by atoms with Crippen molar-refractivity contribution >= 4 is 40.1 Å². The zero-order valence-corrected chi connectivity index (χ0v) is 16.5. The lowest BCUT2D eigenvalue weighted by Crippen LogP contribution is -2.52. The van der Waals surface area contributed by atoms with Crippen LogP contribution in [0, 0.1) is 3.57 Å². The number of aliphatic hydroxyl groups is 1. The van der Waals surface area contributed by atoms with Gasteiger partial charge in [0.05, 0.1) is 6.61 Å². The summed E-state index contributed by atoms with van der Waals surface area (Å²) in [6.07, 6.45) is 3.74. The molecule has 1 aliphatic rings. The second-order valence-corrected chi connectivity index (χ2v) is 7.42. The van der Waals surface area contributed by atoms with Crippen molar-refractivity contribution in [3.8, 4) is 0 Å². The molecule has 0 saturated carbocycles. The van der Waals surface area contributed by atoms with Gasteiger partial charge in [-0.05, 0) is 46.9 Å². The summed E-state index contributed by atoms with van der Waals surface area (Å²) in [5, 5.41) is 12.7. The van der Waals surface area contributed by atoms with E-state index in [0.717, 1.165) is 41.4 Å². The summed E-state index contributed by atoms with van der Waals surface area (Å²) in [6, 6.07) is 9.29. The number of aromatic nitrogens is 2. The molecule has 1 aliphatic heterocycles. The third kappa shape index (κ3) is 5.12. The number of hydrogen-bond donors (Lipinski definition) is 2. The van der Waals surface area contributed by atoms with Crippen molar-refractivity contribution in [3.05, 3.63) is 46.3 Å². The van der Waals surface area contributed by atoms with E-state index in [0.29, 0.717) is 0 Å². The van der Waals surface area contributed by atoms with Crippen molar-refractivity contribution < 1.29 is 9.90 Å². The van der Waals surface area contributed by atoms with Crippen LogP contribution in [0.5, 0.6) is 0 Å². The number of hydrogen-bond acceptors (Lipinski definition) is 6. The summed E-state index contributed by atoms with van der Waals surface area (Å²) in [7, 11) is 0. The molecule has 0 spiro atoms. The normalized spacial score (nSPS) is 16.3. The Hall–Kier alpha value is -1.78. The Morgan fingerprint density at radius 3 is 2.58 bits per heavy atom. The average molecular weight is 467 g/mol. The molecule has 0 radical (unpaired) electrons. The van der Waals surface area contributed by atoms with E-state index in [2.05, 4.69) is 47.7 Å². The number of rotatable bonds is 6. The highest BCUT2D eigenvalue weighted by atomic mass is 127. The maximum Gasteiger partial charge on any atom is 0.226 e. The summed E-state index contributed by atoms with van der Waals surface area (Å²) >= 11 is 2.21. The monoisotopic (exact) mass is 467 g/mol. The van der Waals surface area contributed by atoms with Gasteiger partial charge in [-0.2, -0.15) is 0 Å². The third-order valence-corrected chi connectivity index (χ3v) is 5.08. The summed E-state index contributed by atoms with van der Waals surface area (Å²) in [6.45, 7) is 3.04. The van der Waals surface area contributed by atoms with Crippen LogP contribution >= 0.6 is 22.6 Å².